The van der Waals surface area contributed by atoms with Crippen molar-refractivity contribution in [2.45, 2.75) is 13.5 Å². The van der Waals surface area contributed by atoms with E-state index in [1.165, 1.54) is 0 Å². The molecule has 0 atom stereocenters. The van der Waals surface area contributed by atoms with Gasteiger partial charge in [-0.1, -0.05) is 18.2 Å². The van der Waals surface area contributed by atoms with Crippen molar-refractivity contribution in [3.63, 3.8) is 0 Å². The number of hydrogen-bond acceptors (Lipinski definition) is 2. The van der Waals surface area contributed by atoms with Crippen LogP contribution in [0.25, 0.3) is 0 Å². The van der Waals surface area contributed by atoms with E-state index in [9.17, 15) is 8.78 Å². The van der Waals surface area contributed by atoms with E-state index < -0.39 is 6.61 Å². The Morgan fingerprint density at radius 2 is 1.86 bits per heavy atom. The normalized spacial score (nSPS) is 9.71. The second kappa shape index (κ2) is 6.56. The number of nitrogens with zero attached hydrogens (tertiary/aromatic N) is 1. The molecule has 0 heterocycles. The monoisotopic (exact) mass is 223 g/mol. The van der Waals surface area contributed by atoms with E-state index in [2.05, 4.69) is 4.84 Å². The summed E-state index contributed by atoms with van der Waals surface area (Å²) < 4.78 is 23.8. The Labute approximate surface area is 87.8 Å². The second-order valence-corrected chi connectivity index (χ2v) is 2.40. The van der Waals surface area contributed by atoms with Gasteiger partial charge in [0.2, 0.25) is 0 Å². The molecule has 0 radical (unpaired) electrons. The zero-order valence-electron chi connectivity index (χ0n) is 7.69. The molecular formula is C9H12ClF2NO. The van der Waals surface area contributed by atoms with Crippen molar-refractivity contribution in [2.75, 3.05) is 11.6 Å². The molecule has 0 N–H and O–H groups in total. The van der Waals surface area contributed by atoms with Gasteiger partial charge in [-0.25, -0.2) is 9.90 Å². The van der Waals surface area contributed by atoms with Crippen LogP contribution in [0.1, 0.15) is 6.92 Å². The van der Waals surface area contributed by atoms with Crippen LogP contribution in [0.5, 0.6) is 0 Å². The van der Waals surface area contributed by atoms with Crippen LogP contribution in [-0.2, 0) is 4.84 Å². The van der Waals surface area contributed by atoms with Gasteiger partial charge in [0.25, 0.3) is 0 Å². The lowest BCUT2D eigenvalue weighted by molar-refractivity contribution is -0.138. The highest BCUT2D eigenvalue weighted by atomic mass is 35.5. The molecule has 0 aliphatic rings. The fraction of sp³-hybridized carbons (Fsp3) is 0.333. The van der Waals surface area contributed by atoms with Gasteiger partial charge in [-0.3, -0.25) is 0 Å². The van der Waals surface area contributed by atoms with E-state index in [-0.39, 0.29) is 12.4 Å². The Kier molecular flexibility index (Phi) is 6.16. The van der Waals surface area contributed by atoms with E-state index in [1.54, 1.807) is 31.2 Å². The highest BCUT2D eigenvalue weighted by molar-refractivity contribution is 5.85. The lowest BCUT2D eigenvalue weighted by atomic mass is 10.3. The van der Waals surface area contributed by atoms with Gasteiger partial charge in [-0.15, -0.1) is 12.4 Å². The van der Waals surface area contributed by atoms with Crippen molar-refractivity contribution < 1.29 is 13.6 Å². The third kappa shape index (κ3) is 3.89. The minimum absolute atomic E-state index is 0. The molecule has 0 saturated heterocycles. The predicted molar refractivity (Wildman–Crippen MR) is 53.8 cm³/mol. The molecule has 5 heteroatoms. The average Bonchev–Trinajstić information content (AvgIpc) is 2.15. The number of para-hydroxylation sites is 1. The zero-order chi connectivity index (χ0) is 9.68. The highest BCUT2D eigenvalue weighted by Crippen LogP contribution is 2.14. The smallest absolute Gasteiger partial charge is 0.249 e. The third-order valence-corrected chi connectivity index (χ3v) is 1.54. The van der Waals surface area contributed by atoms with Gasteiger partial charge in [0.05, 0.1) is 5.69 Å². The van der Waals surface area contributed by atoms with Gasteiger partial charge in [0, 0.05) is 6.54 Å². The van der Waals surface area contributed by atoms with Crippen LogP contribution in [0.3, 0.4) is 0 Å². The molecule has 1 rings (SSSR count). The molecule has 0 unspecified atom stereocenters. The average molecular weight is 224 g/mol. The van der Waals surface area contributed by atoms with Crippen LogP contribution in [-0.4, -0.2) is 13.2 Å². The quantitative estimate of drug-likeness (QED) is 0.728. The van der Waals surface area contributed by atoms with Crippen LogP contribution >= 0.6 is 12.4 Å². The number of hydroxylamine groups is 1. The number of anilines is 1. The van der Waals surface area contributed by atoms with Crippen LogP contribution in [0.15, 0.2) is 30.3 Å². The first-order valence-corrected chi connectivity index (χ1v) is 4.01. The maximum Gasteiger partial charge on any atom is 0.364 e. The van der Waals surface area contributed by atoms with Gasteiger partial charge in [0.15, 0.2) is 0 Å². The molecule has 0 spiro atoms. The van der Waals surface area contributed by atoms with Gasteiger partial charge < -0.3 is 0 Å². The molecule has 2 nitrogen and oxygen atoms in total. The highest BCUT2D eigenvalue weighted by Gasteiger charge is 2.10. The summed E-state index contributed by atoms with van der Waals surface area (Å²) in [6.07, 6.45) is 0. The summed E-state index contributed by atoms with van der Waals surface area (Å²) in [5.41, 5.74) is 0.630. The third-order valence-electron chi connectivity index (χ3n) is 1.54. The summed E-state index contributed by atoms with van der Waals surface area (Å²) in [6.45, 7) is -0.649. The number of benzene rings is 1. The summed E-state index contributed by atoms with van der Waals surface area (Å²) in [5, 5.41) is 1.16. The lowest BCUT2D eigenvalue weighted by Gasteiger charge is -2.20. The Bertz CT molecular complexity index is 246. The molecule has 0 amide bonds. The fourth-order valence-corrected chi connectivity index (χ4v) is 1.01. The van der Waals surface area contributed by atoms with E-state index in [0.29, 0.717) is 12.2 Å². The van der Waals surface area contributed by atoms with E-state index in [4.69, 9.17) is 0 Å². The minimum Gasteiger partial charge on any atom is -0.249 e. The van der Waals surface area contributed by atoms with E-state index in [1.807, 2.05) is 6.07 Å². The maximum absolute atomic E-state index is 11.9. The van der Waals surface area contributed by atoms with Crippen molar-refractivity contribution in [3.8, 4) is 0 Å². The Morgan fingerprint density at radius 3 is 2.29 bits per heavy atom. The van der Waals surface area contributed by atoms with Crippen molar-refractivity contribution in [3.05, 3.63) is 30.3 Å². The largest absolute Gasteiger partial charge is 0.364 e. The first-order valence-electron chi connectivity index (χ1n) is 4.01. The van der Waals surface area contributed by atoms with Crippen LogP contribution in [0.4, 0.5) is 14.5 Å². The fourth-order valence-electron chi connectivity index (χ4n) is 1.01. The number of hydrogen-bond donors (Lipinski definition) is 0. The Hall–Kier alpha value is -0.870. The Morgan fingerprint density at radius 1 is 1.29 bits per heavy atom. The molecule has 0 aromatic heterocycles. The summed E-state index contributed by atoms with van der Waals surface area (Å²) in [5.74, 6) is 0. The summed E-state index contributed by atoms with van der Waals surface area (Å²) in [6, 6.07) is 8.79. The SMILES string of the molecule is CCN(OC(F)F)c1ccccc1.Cl. The maximum atomic E-state index is 11.9. The minimum atomic E-state index is -2.78. The van der Waals surface area contributed by atoms with E-state index in [0.717, 1.165) is 5.06 Å². The summed E-state index contributed by atoms with van der Waals surface area (Å²) in [7, 11) is 0. The second-order valence-electron chi connectivity index (χ2n) is 2.40. The molecule has 0 saturated carbocycles. The number of alkyl halides is 2. The zero-order valence-corrected chi connectivity index (χ0v) is 8.51. The summed E-state index contributed by atoms with van der Waals surface area (Å²) >= 11 is 0. The van der Waals surface area contributed by atoms with E-state index >= 15 is 0 Å². The standard InChI is InChI=1S/C9H11F2NO.ClH/c1-2-12(13-9(10)11)8-6-4-3-5-7-8;/h3-7,9H,2H2,1H3;1H. The van der Waals surface area contributed by atoms with Gasteiger partial charge in [-0.2, -0.15) is 8.78 Å². The Balaban J connectivity index is 0.00000169. The van der Waals surface area contributed by atoms with Crippen molar-refractivity contribution >= 4 is 18.1 Å². The molecule has 1 aromatic rings. The molecule has 0 bridgehead atoms. The molecular weight excluding hydrogens is 212 g/mol. The predicted octanol–water partition coefficient (Wildman–Crippen LogP) is 3.09. The molecule has 0 fully saturated rings. The molecule has 0 aliphatic carbocycles. The molecule has 1 aromatic carbocycles. The molecule has 0 aliphatic heterocycles. The van der Waals surface area contributed by atoms with Crippen LogP contribution in [0.2, 0.25) is 0 Å². The van der Waals surface area contributed by atoms with Crippen molar-refractivity contribution in [1.29, 1.82) is 0 Å². The van der Waals surface area contributed by atoms with Crippen LogP contribution < -0.4 is 5.06 Å². The molecule has 80 valence electrons. The van der Waals surface area contributed by atoms with Crippen LogP contribution in [0, 0.1) is 0 Å². The number of rotatable bonds is 4. The first-order chi connectivity index (χ1) is 6.24. The van der Waals surface area contributed by atoms with Crippen molar-refractivity contribution in [1.82, 2.24) is 0 Å². The number of halogens is 3. The van der Waals surface area contributed by atoms with Gasteiger partial charge in [0.1, 0.15) is 0 Å². The van der Waals surface area contributed by atoms with Gasteiger partial charge in [-0.05, 0) is 19.1 Å². The summed E-state index contributed by atoms with van der Waals surface area (Å²) in [4.78, 5) is 4.29. The van der Waals surface area contributed by atoms with Crippen molar-refractivity contribution in [2.24, 2.45) is 0 Å². The van der Waals surface area contributed by atoms with Gasteiger partial charge >= 0.3 is 6.61 Å². The molecule has 14 heavy (non-hydrogen) atoms. The lowest BCUT2D eigenvalue weighted by Crippen LogP contribution is -2.25. The first kappa shape index (κ1) is 13.1. The topological polar surface area (TPSA) is 12.5 Å².